The minimum absolute atomic E-state index is 0.0769. The molecule has 0 aliphatic rings. The molecule has 1 aromatic heterocycles. The highest BCUT2D eigenvalue weighted by Crippen LogP contribution is 2.33. The molecule has 0 radical (unpaired) electrons. The molecule has 0 aliphatic carbocycles. The quantitative estimate of drug-likeness (QED) is 0.535. The van der Waals surface area contributed by atoms with Gasteiger partial charge in [-0.15, -0.1) is 11.3 Å². The molecule has 29 heavy (non-hydrogen) atoms. The number of nitrogens with zero attached hydrogens (tertiary/aromatic N) is 2. The zero-order chi connectivity index (χ0) is 20.8. The molecule has 0 bridgehead atoms. The first-order valence-corrected chi connectivity index (χ1v) is 10.4. The van der Waals surface area contributed by atoms with Crippen LogP contribution < -0.4 is 9.47 Å². The van der Waals surface area contributed by atoms with Crippen LogP contribution in [0.2, 0.25) is 0 Å². The first-order valence-electron chi connectivity index (χ1n) is 9.52. The lowest BCUT2D eigenvalue weighted by molar-refractivity contribution is -0.132. The zero-order valence-electron chi connectivity index (χ0n) is 17.2. The van der Waals surface area contributed by atoms with Crippen LogP contribution in [0.1, 0.15) is 25.1 Å². The predicted molar refractivity (Wildman–Crippen MR) is 116 cm³/mol. The third-order valence-corrected chi connectivity index (χ3v) is 5.59. The first-order chi connectivity index (χ1) is 14.0. The summed E-state index contributed by atoms with van der Waals surface area (Å²) in [5, 5.41) is 2.80. The van der Waals surface area contributed by atoms with Gasteiger partial charge in [-0.3, -0.25) is 4.79 Å². The largest absolute Gasteiger partial charge is 0.493 e. The maximum absolute atomic E-state index is 12.9. The minimum atomic E-state index is 0.0769. The summed E-state index contributed by atoms with van der Waals surface area (Å²) in [6, 6.07) is 15.9. The van der Waals surface area contributed by atoms with Crippen molar-refractivity contribution in [2.45, 2.75) is 32.9 Å². The van der Waals surface area contributed by atoms with Crippen molar-refractivity contribution < 1.29 is 14.3 Å². The Morgan fingerprint density at radius 2 is 1.79 bits per heavy atom. The van der Waals surface area contributed by atoms with E-state index in [9.17, 15) is 4.79 Å². The van der Waals surface area contributed by atoms with Crippen LogP contribution in [0.5, 0.6) is 11.5 Å². The van der Waals surface area contributed by atoms with Crippen LogP contribution >= 0.6 is 11.3 Å². The maximum Gasteiger partial charge on any atom is 0.229 e. The van der Waals surface area contributed by atoms with Crippen molar-refractivity contribution in [1.29, 1.82) is 0 Å². The fraction of sp³-hybridized carbons (Fsp3) is 0.304. The second kappa shape index (κ2) is 9.56. The van der Waals surface area contributed by atoms with Crippen molar-refractivity contribution in [3.05, 3.63) is 65.2 Å². The molecular weight excluding hydrogens is 384 g/mol. The summed E-state index contributed by atoms with van der Waals surface area (Å²) < 4.78 is 10.7. The fourth-order valence-electron chi connectivity index (χ4n) is 3.09. The number of benzene rings is 2. The minimum Gasteiger partial charge on any atom is -0.493 e. The molecule has 0 spiro atoms. The van der Waals surface area contributed by atoms with E-state index in [1.807, 2.05) is 72.7 Å². The molecule has 3 rings (SSSR count). The van der Waals surface area contributed by atoms with E-state index in [-0.39, 0.29) is 18.4 Å². The number of aromatic nitrogens is 1. The van der Waals surface area contributed by atoms with Gasteiger partial charge in [-0.25, -0.2) is 4.98 Å². The zero-order valence-corrected chi connectivity index (χ0v) is 18.0. The number of amides is 1. The van der Waals surface area contributed by atoms with Crippen LogP contribution in [0.25, 0.3) is 10.6 Å². The second-order valence-electron chi connectivity index (χ2n) is 6.99. The van der Waals surface area contributed by atoms with Crippen molar-refractivity contribution in [1.82, 2.24) is 9.88 Å². The van der Waals surface area contributed by atoms with Gasteiger partial charge in [-0.05, 0) is 37.6 Å². The van der Waals surface area contributed by atoms with Crippen LogP contribution in [-0.2, 0) is 17.8 Å². The van der Waals surface area contributed by atoms with Crippen molar-refractivity contribution in [2.75, 3.05) is 14.2 Å². The van der Waals surface area contributed by atoms with Crippen LogP contribution in [0.3, 0.4) is 0 Å². The van der Waals surface area contributed by atoms with Gasteiger partial charge < -0.3 is 14.4 Å². The van der Waals surface area contributed by atoms with Crippen molar-refractivity contribution in [2.24, 2.45) is 0 Å². The molecular formula is C23H26N2O3S. The molecule has 6 heteroatoms. The van der Waals surface area contributed by atoms with E-state index in [4.69, 9.17) is 9.47 Å². The molecule has 0 aliphatic heterocycles. The molecule has 0 saturated carbocycles. The van der Waals surface area contributed by atoms with Crippen LogP contribution in [-0.4, -0.2) is 36.1 Å². The number of thiazole rings is 1. The summed E-state index contributed by atoms with van der Waals surface area (Å²) in [5.74, 6) is 1.41. The first kappa shape index (κ1) is 20.9. The highest BCUT2D eigenvalue weighted by atomic mass is 32.1. The van der Waals surface area contributed by atoms with E-state index in [0.717, 1.165) is 21.8 Å². The Kier molecular flexibility index (Phi) is 6.88. The van der Waals surface area contributed by atoms with E-state index in [1.165, 1.54) is 11.3 Å². The maximum atomic E-state index is 12.9. The Morgan fingerprint density at radius 1 is 1.07 bits per heavy atom. The SMILES string of the molecule is COc1ccc(-c2nc(CC(=O)N(Cc3ccccc3)C(C)C)cs2)cc1OC. The van der Waals surface area contributed by atoms with Gasteiger partial charge in [0.05, 0.1) is 26.3 Å². The Morgan fingerprint density at radius 3 is 2.45 bits per heavy atom. The number of carbonyl (C=O) groups is 1. The lowest BCUT2D eigenvalue weighted by atomic mass is 10.1. The van der Waals surface area contributed by atoms with Gasteiger partial charge in [-0.2, -0.15) is 0 Å². The summed E-state index contributed by atoms with van der Waals surface area (Å²) in [4.78, 5) is 19.5. The molecule has 3 aromatic rings. The lowest BCUT2D eigenvalue weighted by Crippen LogP contribution is -2.37. The third-order valence-electron chi connectivity index (χ3n) is 4.65. The summed E-state index contributed by atoms with van der Waals surface area (Å²) in [5.41, 5.74) is 2.85. The van der Waals surface area contributed by atoms with E-state index in [2.05, 4.69) is 4.98 Å². The monoisotopic (exact) mass is 410 g/mol. The van der Waals surface area contributed by atoms with Crippen molar-refractivity contribution in [3.63, 3.8) is 0 Å². The molecule has 0 fully saturated rings. The van der Waals surface area contributed by atoms with Crippen LogP contribution in [0, 0.1) is 0 Å². The Labute approximate surface area is 175 Å². The number of carbonyl (C=O) groups excluding carboxylic acids is 1. The lowest BCUT2D eigenvalue weighted by Gasteiger charge is -2.26. The smallest absolute Gasteiger partial charge is 0.229 e. The van der Waals surface area contributed by atoms with Crippen LogP contribution in [0.15, 0.2) is 53.9 Å². The third kappa shape index (κ3) is 5.15. The predicted octanol–water partition coefficient (Wildman–Crippen LogP) is 4.81. The summed E-state index contributed by atoms with van der Waals surface area (Å²) in [7, 11) is 3.22. The van der Waals surface area contributed by atoms with Gasteiger partial charge in [0.2, 0.25) is 5.91 Å². The molecule has 1 heterocycles. The van der Waals surface area contributed by atoms with Crippen molar-refractivity contribution in [3.8, 4) is 22.1 Å². The molecule has 0 N–H and O–H groups in total. The second-order valence-corrected chi connectivity index (χ2v) is 7.85. The standard InChI is InChI=1S/C23H26N2O3S/c1-16(2)25(14-17-8-6-5-7-9-17)22(26)13-19-15-29-23(24-19)18-10-11-20(27-3)21(12-18)28-4/h5-12,15-16H,13-14H2,1-4H3. The fourth-order valence-corrected chi connectivity index (χ4v) is 3.90. The van der Waals surface area contributed by atoms with Gasteiger partial charge in [0.25, 0.3) is 0 Å². The van der Waals surface area contributed by atoms with Gasteiger partial charge in [0.15, 0.2) is 11.5 Å². The molecule has 0 saturated heterocycles. The number of hydrogen-bond acceptors (Lipinski definition) is 5. The molecule has 0 unspecified atom stereocenters. The van der Waals surface area contributed by atoms with Crippen LogP contribution in [0.4, 0.5) is 0 Å². The van der Waals surface area contributed by atoms with Gasteiger partial charge in [0, 0.05) is 23.5 Å². The molecule has 5 nitrogen and oxygen atoms in total. The summed E-state index contributed by atoms with van der Waals surface area (Å²) >= 11 is 1.52. The summed E-state index contributed by atoms with van der Waals surface area (Å²) in [6.45, 7) is 4.68. The van der Waals surface area contributed by atoms with Gasteiger partial charge >= 0.3 is 0 Å². The molecule has 1 amide bonds. The molecule has 152 valence electrons. The average molecular weight is 411 g/mol. The number of hydrogen-bond donors (Lipinski definition) is 0. The van der Waals surface area contributed by atoms with E-state index in [1.54, 1.807) is 14.2 Å². The Balaban J connectivity index is 1.74. The number of methoxy groups -OCH3 is 2. The van der Waals surface area contributed by atoms with E-state index in [0.29, 0.717) is 18.0 Å². The van der Waals surface area contributed by atoms with Crippen molar-refractivity contribution >= 4 is 17.2 Å². The van der Waals surface area contributed by atoms with Gasteiger partial charge in [0.1, 0.15) is 5.01 Å². The normalized spacial score (nSPS) is 10.8. The topological polar surface area (TPSA) is 51.7 Å². The highest BCUT2D eigenvalue weighted by Gasteiger charge is 2.19. The van der Waals surface area contributed by atoms with Gasteiger partial charge in [-0.1, -0.05) is 30.3 Å². The average Bonchev–Trinajstić information content (AvgIpc) is 3.20. The van der Waals surface area contributed by atoms with E-state index >= 15 is 0 Å². The summed E-state index contributed by atoms with van der Waals surface area (Å²) in [6.07, 6.45) is 0.287. The van der Waals surface area contributed by atoms with E-state index < -0.39 is 0 Å². The molecule has 2 aromatic carbocycles. The highest BCUT2D eigenvalue weighted by molar-refractivity contribution is 7.13. The number of ether oxygens (including phenoxy) is 2. The number of rotatable bonds is 8. The molecule has 0 atom stereocenters. The Bertz CT molecular complexity index is 954. The Hall–Kier alpha value is -2.86.